The van der Waals surface area contributed by atoms with Gasteiger partial charge in [-0.1, -0.05) is 30.3 Å². The summed E-state index contributed by atoms with van der Waals surface area (Å²) in [4.78, 5) is 2.25. The Morgan fingerprint density at radius 3 is 2.65 bits per heavy atom. The number of para-hydroxylation sites is 1. The first-order valence-electron chi connectivity index (χ1n) is 8.50. The van der Waals surface area contributed by atoms with Crippen LogP contribution in [0.2, 0.25) is 0 Å². The van der Waals surface area contributed by atoms with E-state index in [1.807, 2.05) is 39.6 Å². The second kappa shape index (κ2) is 7.49. The highest BCUT2D eigenvalue weighted by atomic mass is 32.1. The minimum atomic E-state index is -0.237. The Labute approximate surface area is 156 Å². The predicted octanol–water partition coefficient (Wildman–Crippen LogP) is 3.57. The van der Waals surface area contributed by atoms with Crippen LogP contribution in [0.3, 0.4) is 0 Å². The van der Waals surface area contributed by atoms with E-state index in [0.717, 1.165) is 17.8 Å². The maximum atomic E-state index is 13.1. The first-order valence-corrected chi connectivity index (χ1v) is 8.91. The highest BCUT2D eigenvalue weighted by Gasteiger charge is 2.22. The zero-order valence-corrected chi connectivity index (χ0v) is 15.0. The first-order chi connectivity index (χ1) is 12.7. The van der Waals surface area contributed by atoms with Gasteiger partial charge in [0.25, 0.3) is 0 Å². The molecule has 0 unspecified atom stereocenters. The van der Waals surface area contributed by atoms with Crippen LogP contribution in [-0.4, -0.2) is 38.9 Å². The average Bonchev–Trinajstić information content (AvgIpc) is 3.04. The first kappa shape index (κ1) is 17.1. The molecule has 1 atom stereocenters. The molecule has 1 aromatic heterocycles. The summed E-state index contributed by atoms with van der Waals surface area (Å²) >= 11 is 5.58. The average molecular weight is 370 g/mol. The lowest BCUT2D eigenvalue weighted by molar-refractivity contribution is -0.0419. The lowest BCUT2D eigenvalue weighted by Crippen LogP contribution is -2.39. The predicted molar refractivity (Wildman–Crippen MR) is 99.1 cm³/mol. The van der Waals surface area contributed by atoms with E-state index < -0.39 is 0 Å². The van der Waals surface area contributed by atoms with Gasteiger partial charge >= 0.3 is 0 Å². The Morgan fingerprint density at radius 1 is 1.12 bits per heavy atom. The molecule has 2 heterocycles. The summed E-state index contributed by atoms with van der Waals surface area (Å²) in [6.07, 6.45) is 1.67. The fourth-order valence-electron chi connectivity index (χ4n) is 3.10. The number of benzene rings is 2. The number of ether oxygens (including phenoxy) is 1. The van der Waals surface area contributed by atoms with Gasteiger partial charge < -0.3 is 4.74 Å². The summed E-state index contributed by atoms with van der Waals surface area (Å²) in [5, 5.41) is 4.44. The largest absolute Gasteiger partial charge is 0.371 e. The van der Waals surface area contributed by atoms with Crippen molar-refractivity contribution in [2.45, 2.75) is 12.8 Å². The van der Waals surface area contributed by atoms with Crippen molar-refractivity contribution >= 4 is 12.2 Å². The van der Waals surface area contributed by atoms with Crippen LogP contribution in [0.5, 0.6) is 0 Å². The van der Waals surface area contributed by atoms with E-state index in [9.17, 15) is 4.39 Å². The van der Waals surface area contributed by atoms with Crippen LogP contribution >= 0.6 is 12.2 Å². The van der Waals surface area contributed by atoms with Crippen LogP contribution in [-0.2, 0) is 11.4 Å². The Bertz CT molecular complexity index is 923. The van der Waals surface area contributed by atoms with Crippen molar-refractivity contribution in [3.8, 4) is 5.69 Å². The number of rotatable bonds is 4. The molecule has 0 saturated carbocycles. The molecule has 7 heteroatoms. The van der Waals surface area contributed by atoms with E-state index in [4.69, 9.17) is 17.0 Å². The van der Waals surface area contributed by atoms with Gasteiger partial charge in [-0.05, 0) is 42.0 Å². The van der Waals surface area contributed by atoms with E-state index in [0.29, 0.717) is 24.6 Å². The van der Waals surface area contributed by atoms with E-state index in [-0.39, 0.29) is 11.9 Å². The van der Waals surface area contributed by atoms with E-state index in [1.54, 1.807) is 18.5 Å². The molecule has 4 rings (SSSR count). The van der Waals surface area contributed by atoms with Gasteiger partial charge in [-0.2, -0.15) is 5.10 Å². The standard InChI is InChI=1S/C19H19FN4OS/c20-16-8-6-15(7-9-16)18-12-22(10-11-25-18)14-24-19(26)23(13-21-24)17-4-2-1-3-5-17/h1-9,13,18H,10-12,14H2/t18-/m0/s1. The third-order valence-corrected chi connectivity index (χ3v) is 4.90. The van der Waals surface area contributed by atoms with Crippen LogP contribution in [0.1, 0.15) is 11.7 Å². The lowest BCUT2D eigenvalue weighted by Gasteiger charge is -2.32. The highest BCUT2D eigenvalue weighted by Crippen LogP contribution is 2.23. The number of aromatic nitrogens is 3. The van der Waals surface area contributed by atoms with Gasteiger partial charge in [0, 0.05) is 18.8 Å². The molecule has 1 aliphatic rings. The molecular weight excluding hydrogens is 351 g/mol. The van der Waals surface area contributed by atoms with Crippen LogP contribution in [0.25, 0.3) is 5.69 Å². The molecule has 0 spiro atoms. The van der Waals surface area contributed by atoms with Gasteiger partial charge in [0.2, 0.25) is 4.77 Å². The van der Waals surface area contributed by atoms with Crippen molar-refractivity contribution in [2.75, 3.05) is 19.7 Å². The minimum absolute atomic E-state index is 0.0743. The fraction of sp³-hybridized carbons (Fsp3) is 0.263. The van der Waals surface area contributed by atoms with Crippen LogP contribution in [0.4, 0.5) is 4.39 Å². The molecule has 26 heavy (non-hydrogen) atoms. The molecular formula is C19H19FN4OS. The summed E-state index contributed by atoms with van der Waals surface area (Å²) in [7, 11) is 0. The fourth-order valence-corrected chi connectivity index (χ4v) is 3.36. The topological polar surface area (TPSA) is 35.2 Å². The molecule has 134 valence electrons. The number of halogens is 1. The second-order valence-corrected chi connectivity index (χ2v) is 6.61. The monoisotopic (exact) mass is 370 g/mol. The summed E-state index contributed by atoms with van der Waals surface area (Å²) < 4.78 is 23.3. The Hall–Kier alpha value is -2.35. The molecule has 0 amide bonds. The molecule has 0 radical (unpaired) electrons. The SMILES string of the molecule is Fc1ccc([C@@H]2CN(Cn3ncn(-c4ccccc4)c3=S)CCO2)cc1. The van der Waals surface area contributed by atoms with E-state index >= 15 is 0 Å². The van der Waals surface area contributed by atoms with Crippen LogP contribution < -0.4 is 0 Å². The molecule has 1 fully saturated rings. The minimum Gasteiger partial charge on any atom is -0.371 e. The van der Waals surface area contributed by atoms with Crippen molar-refractivity contribution in [1.29, 1.82) is 0 Å². The van der Waals surface area contributed by atoms with Gasteiger partial charge in [-0.25, -0.2) is 9.07 Å². The number of hydrogen-bond donors (Lipinski definition) is 0. The maximum absolute atomic E-state index is 13.1. The Balaban J connectivity index is 1.48. The van der Waals surface area contributed by atoms with Gasteiger partial charge in [0.1, 0.15) is 12.1 Å². The lowest BCUT2D eigenvalue weighted by atomic mass is 10.1. The second-order valence-electron chi connectivity index (χ2n) is 6.25. The van der Waals surface area contributed by atoms with Crippen molar-refractivity contribution in [3.63, 3.8) is 0 Å². The molecule has 0 bridgehead atoms. The third-order valence-electron chi connectivity index (χ3n) is 4.49. The molecule has 1 saturated heterocycles. The Morgan fingerprint density at radius 2 is 1.88 bits per heavy atom. The molecule has 0 aliphatic carbocycles. The zero-order chi connectivity index (χ0) is 17.9. The summed E-state index contributed by atoms with van der Waals surface area (Å²) in [6, 6.07) is 16.4. The summed E-state index contributed by atoms with van der Waals surface area (Å²) in [6.45, 7) is 2.73. The summed E-state index contributed by atoms with van der Waals surface area (Å²) in [5.41, 5.74) is 1.98. The maximum Gasteiger partial charge on any atom is 0.203 e. The molecule has 2 aromatic carbocycles. The summed E-state index contributed by atoms with van der Waals surface area (Å²) in [5.74, 6) is -0.237. The molecule has 1 aliphatic heterocycles. The molecule has 0 N–H and O–H groups in total. The van der Waals surface area contributed by atoms with E-state index in [1.165, 1.54) is 12.1 Å². The van der Waals surface area contributed by atoms with Crippen molar-refractivity contribution < 1.29 is 9.13 Å². The third kappa shape index (κ3) is 3.60. The number of hydrogen-bond acceptors (Lipinski definition) is 4. The van der Waals surface area contributed by atoms with Gasteiger partial charge in [-0.15, -0.1) is 0 Å². The van der Waals surface area contributed by atoms with Crippen LogP contribution in [0, 0.1) is 10.6 Å². The van der Waals surface area contributed by atoms with Crippen molar-refractivity contribution in [3.05, 3.63) is 77.1 Å². The molecule has 5 nitrogen and oxygen atoms in total. The van der Waals surface area contributed by atoms with Gasteiger partial charge in [-0.3, -0.25) is 9.47 Å². The van der Waals surface area contributed by atoms with Gasteiger partial charge in [0.15, 0.2) is 0 Å². The normalized spacial score (nSPS) is 18.1. The Kier molecular flexibility index (Phi) is 4.92. The molecule has 3 aromatic rings. The zero-order valence-electron chi connectivity index (χ0n) is 14.2. The van der Waals surface area contributed by atoms with Crippen molar-refractivity contribution in [2.24, 2.45) is 0 Å². The highest BCUT2D eigenvalue weighted by molar-refractivity contribution is 7.71. The number of nitrogens with zero attached hydrogens (tertiary/aromatic N) is 4. The number of morpholine rings is 1. The van der Waals surface area contributed by atoms with Crippen molar-refractivity contribution in [1.82, 2.24) is 19.2 Å². The van der Waals surface area contributed by atoms with Gasteiger partial charge in [0.05, 0.1) is 19.4 Å². The smallest absolute Gasteiger partial charge is 0.203 e. The van der Waals surface area contributed by atoms with E-state index in [2.05, 4.69) is 10.00 Å². The van der Waals surface area contributed by atoms with Crippen LogP contribution in [0.15, 0.2) is 60.9 Å². The quantitative estimate of drug-likeness (QED) is 0.658.